The maximum atomic E-state index is 13.3. The van der Waals surface area contributed by atoms with Crippen LogP contribution in [0, 0.1) is 21.9 Å². The molecule has 0 saturated heterocycles. The van der Waals surface area contributed by atoms with E-state index < -0.39 is 17.8 Å². The Kier molecular flexibility index (Phi) is 8.95. The molecule has 1 atom stereocenters. The minimum absolute atomic E-state index is 0.129. The number of benzene rings is 1. The van der Waals surface area contributed by atoms with E-state index in [-0.39, 0.29) is 36.8 Å². The van der Waals surface area contributed by atoms with E-state index in [1.807, 2.05) is 0 Å². The quantitative estimate of drug-likeness (QED) is 0.598. The maximum absolute atomic E-state index is 13.3. The summed E-state index contributed by atoms with van der Waals surface area (Å²) in [4.78, 5) is 18.9. The third-order valence-electron chi connectivity index (χ3n) is 4.98. The highest BCUT2D eigenvalue weighted by Crippen LogP contribution is 2.15. The Morgan fingerprint density at radius 2 is 1.91 bits per heavy atom. The zero-order chi connectivity index (χ0) is 25.6. The van der Waals surface area contributed by atoms with Crippen LogP contribution in [0.3, 0.4) is 0 Å². The SMILES string of the molecule is COC(CN=c1c(C#N)c(N)n(C)c(=S)n1C)CN(Cc1ccc(F)cc1)C(=O)OC(C)(C)C. The van der Waals surface area contributed by atoms with Crippen LogP contribution in [0.1, 0.15) is 31.9 Å². The first-order chi connectivity index (χ1) is 15.9. The molecule has 0 aliphatic heterocycles. The van der Waals surface area contributed by atoms with Crippen LogP contribution in [0.5, 0.6) is 0 Å². The fourth-order valence-corrected chi connectivity index (χ4v) is 3.33. The molecule has 2 N–H and O–H groups in total. The molecule has 9 nitrogen and oxygen atoms in total. The van der Waals surface area contributed by atoms with Gasteiger partial charge in [0.2, 0.25) is 0 Å². The van der Waals surface area contributed by atoms with Crippen molar-refractivity contribution in [1.29, 1.82) is 5.26 Å². The lowest BCUT2D eigenvalue weighted by Gasteiger charge is -2.29. The van der Waals surface area contributed by atoms with Crippen LogP contribution in [0.4, 0.5) is 15.0 Å². The largest absolute Gasteiger partial charge is 0.444 e. The fraction of sp³-hybridized carbons (Fsp3) is 0.478. The molecule has 0 saturated carbocycles. The summed E-state index contributed by atoms with van der Waals surface area (Å²) in [6, 6.07) is 7.96. The number of anilines is 1. The van der Waals surface area contributed by atoms with Gasteiger partial charge in [0, 0.05) is 27.7 Å². The van der Waals surface area contributed by atoms with Gasteiger partial charge in [-0.25, -0.2) is 9.18 Å². The van der Waals surface area contributed by atoms with Gasteiger partial charge in [-0.15, -0.1) is 0 Å². The number of methoxy groups -OCH3 is 1. The minimum Gasteiger partial charge on any atom is -0.444 e. The number of amides is 1. The van der Waals surface area contributed by atoms with Crippen molar-refractivity contribution in [3.63, 3.8) is 0 Å². The Labute approximate surface area is 203 Å². The molecule has 0 aliphatic rings. The van der Waals surface area contributed by atoms with Crippen molar-refractivity contribution < 1.29 is 18.7 Å². The van der Waals surface area contributed by atoms with E-state index in [9.17, 15) is 14.4 Å². The van der Waals surface area contributed by atoms with Gasteiger partial charge < -0.3 is 29.2 Å². The summed E-state index contributed by atoms with van der Waals surface area (Å²) in [7, 11) is 4.88. The van der Waals surface area contributed by atoms with Gasteiger partial charge in [0.05, 0.1) is 19.2 Å². The number of nitrogens with zero attached hydrogens (tertiary/aromatic N) is 5. The molecular weight excluding hydrogens is 459 g/mol. The average Bonchev–Trinajstić information content (AvgIpc) is 2.77. The molecule has 0 spiro atoms. The van der Waals surface area contributed by atoms with Crippen LogP contribution < -0.4 is 11.2 Å². The number of carbonyl (C=O) groups excluding carboxylic acids is 1. The predicted molar refractivity (Wildman–Crippen MR) is 129 cm³/mol. The van der Waals surface area contributed by atoms with Gasteiger partial charge in [-0.3, -0.25) is 4.99 Å². The van der Waals surface area contributed by atoms with Gasteiger partial charge >= 0.3 is 6.09 Å². The Balaban J connectivity index is 2.36. The summed E-state index contributed by atoms with van der Waals surface area (Å²) in [6.07, 6.45) is -1.06. The number of nitriles is 1. The number of hydrogen-bond acceptors (Lipinski definition) is 7. The number of aromatic nitrogens is 2. The molecule has 0 aliphatic carbocycles. The molecule has 34 heavy (non-hydrogen) atoms. The number of ether oxygens (including phenoxy) is 2. The monoisotopic (exact) mass is 490 g/mol. The Morgan fingerprint density at radius 1 is 1.29 bits per heavy atom. The van der Waals surface area contributed by atoms with E-state index in [0.717, 1.165) is 5.56 Å². The number of nitrogens with two attached hydrogens (primary N) is 1. The highest BCUT2D eigenvalue weighted by Gasteiger charge is 2.25. The van der Waals surface area contributed by atoms with Crippen molar-refractivity contribution in [2.24, 2.45) is 19.1 Å². The maximum Gasteiger partial charge on any atom is 0.410 e. The van der Waals surface area contributed by atoms with Crippen LogP contribution in [-0.4, -0.2) is 52.0 Å². The fourth-order valence-electron chi connectivity index (χ4n) is 3.14. The topological polar surface area (TPSA) is 111 Å². The molecule has 1 unspecified atom stereocenters. The van der Waals surface area contributed by atoms with Crippen LogP contribution in [0.25, 0.3) is 0 Å². The van der Waals surface area contributed by atoms with Gasteiger partial charge in [0.15, 0.2) is 10.3 Å². The summed E-state index contributed by atoms with van der Waals surface area (Å²) < 4.78 is 28.0. The average molecular weight is 491 g/mol. The van der Waals surface area contributed by atoms with Crippen molar-refractivity contribution in [1.82, 2.24) is 14.0 Å². The summed E-state index contributed by atoms with van der Waals surface area (Å²) in [5.74, 6) is -0.149. The lowest BCUT2D eigenvalue weighted by atomic mass is 10.2. The van der Waals surface area contributed by atoms with E-state index in [1.54, 1.807) is 51.6 Å². The summed E-state index contributed by atoms with van der Waals surface area (Å²) in [6.45, 7) is 5.80. The van der Waals surface area contributed by atoms with Crippen molar-refractivity contribution >= 4 is 24.1 Å². The van der Waals surface area contributed by atoms with Crippen LogP contribution >= 0.6 is 12.2 Å². The number of rotatable bonds is 7. The standard InChI is InChI=1S/C23H31FN6O3S/c1-23(2,3)33-22(31)30(13-15-7-9-16(24)10-8-15)14-17(32-6)12-27-20-18(11-25)19(26)28(4)21(34)29(20)5/h7-10,17H,12-14,26H2,1-6H3. The lowest BCUT2D eigenvalue weighted by Crippen LogP contribution is -2.42. The Morgan fingerprint density at radius 3 is 2.44 bits per heavy atom. The van der Waals surface area contributed by atoms with E-state index >= 15 is 0 Å². The van der Waals surface area contributed by atoms with E-state index in [1.165, 1.54) is 28.7 Å². The van der Waals surface area contributed by atoms with Gasteiger partial charge in [-0.1, -0.05) is 12.1 Å². The van der Waals surface area contributed by atoms with Crippen LogP contribution in [-0.2, 0) is 30.1 Å². The first-order valence-electron chi connectivity index (χ1n) is 10.6. The van der Waals surface area contributed by atoms with Crippen molar-refractivity contribution in [3.05, 3.63) is 51.5 Å². The first kappa shape index (κ1) is 27.0. The molecule has 2 aromatic rings. The normalized spacial score (nSPS) is 12.8. The highest BCUT2D eigenvalue weighted by atomic mass is 32.1. The molecule has 2 rings (SSSR count). The molecule has 0 fully saturated rings. The van der Waals surface area contributed by atoms with Crippen molar-refractivity contribution in [2.45, 2.75) is 39.0 Å². The zero-order valence-corrected chi connectivity index (χ0v) is 21.1. The number of hydrogen-bond donors (Lipinski definition) is 1. The molecule has 11 heteroatoms. The van der Waals surface area contributed by atoms with Gasteiger partial charge in [-0.05, 0) is 50.7 Å². The predicted octanol–water partition coefficient (Wildman–Crippen LogP) is 3.04. The number of carbonyl (C=O) groups is 1. The van der Waals surface area contributed by atoms with Gasteiger partial charge in [-0.2, -0.15) is 5.26 Å². The van der Waals surface area contributed by atoms with Gasteiger partial charge in [0.1, 0.15) is 28.9 Å². The molecule has 1 amide bonds. The molecule has 1 aromatic heterocycles. The van der Waals surface area contributed by atoms with Gasteiger partial charge in [0.25, 0.3) is 0 Å². The third kappa shape index (κ3) is 6.88. The second-order valence-corrected chi connectivity index (χ2v) is 9.15. The van der Waals surface area contributed by atoms with Crippen LogP contribution in [0.15, 0.2) is 29.3 Å². The van der Waals surface area contributed by atoms with E-state index in [4.69, 9.17) is 27.4 Å². The zero-order valence-electron chi connectivity index (χ0n) is 20.3. The Hall–Kier alpha value is -3.23. The number of nitrogen functional groups attached to an aromatic ring is 1. The smallest absolute Gasteiger partial charge is 0.410 e. The second-order valence-electron chi connectivity index (χ2n) is 8.78. The van der Waals surface area contributed by atoms with Crippen molar-refractivity contribution in [3.8, 4) is 6.07 Å². The van der Waals surface area contributed by atoms with Crippen LogP contribution in [0.2, 0.25) is 0 Å². The number of halogens is 1. The van der Waals surface area contributed by atoms with Crippen molar-refractivity contribution in [2.75, 3.05) is 25.9 Å². The molecule has 1 heterocycles. The summed E-state index contributed by atoms with van der Waals surface area (Å²) in [5.41, 5.74) is 6.61. The highest BCUT2D eigenvalue weighted by molar-refractivity contribution is 7.71. The molecule has 0 radical (unpaired) electrons. The molecular formula is C23H31FN6O3S. The summed E-state index contributed by atoms with van der Waals surface area (Å²) >= 11 is 5.37. The Bertz CT molecular complexity index is 1190. The summed E-state index contributed by atoms with van der Waals surface area (Å²) in [5, 5.41) is 9.59. The third-order valence-corrected chi connectivity index (χ3v) is 5.53. The lowest BCUT2D eigenvalue weighted by molar-refractivity contribution is 0.00750. The van der Waals surface area contributed by atoms with E-state index in [2.05, 4.69) is 11.1 Å². The second kappa shape index (κ2) is 11.3. The molecule has 184 valence electrons. The first-order valence-corrected chi connectivity index (χ1v) is 11.0. The molecule has 1 aromatic carbocycles. The molecule has 0 bridgehead atoms. The van der Waals surface area contributed by atoms with E-state index in [0.29, 0.717) is 10.3 Å². The minimum atomic E-state index is -0.697.